The SMILES string of the molecule is [CH]C1CCC(Nc2ncc3nnn(-c4ccc(OC)cc4)c3n2)CC1. The molecule has 3 aromatic rings. The number of hydrogen-bond donors (Lipinski definition) is 1. The Balaban J connectivity index is 1.60. The average Bonchev–Trinajstić information content (AvgIpc) is 3.07. The first-order valence-electron chi connectivity index (χ1n) is 8.48. The van der Waals surface area contributed by atoms with E-state index in [0.29, 0.717) is 29.1 Å². The van der Waals surface area contributed by atoms with E-state index in [9.17, 15) is 0 Å². The van der Waals surface area contributed by atoms with Crippen molar-refractivity contribution < 1.29 is 4.74 Å². The van der Waals surface area contributed by atoms with Gasteiger partial charge in [-0.25, -0.2) is 4.98 Å². The molecule has 2 aromatic heterocycles. The fourth-order valence-electron chi connectivity index (χ4n) is 3.14. The number of anilines is 1. The molecule has 1 saturated carbocycles. The molecule has 0 aliphatic heterocycles. The molecule has 0 atom stereocenters. The molecule has 0 amide bonds. The van der Waals surface area contributed by atoms with E-state index in [4.69, 9.17) is 11.7 Å². The molecule has 0 bridgehead atoms. The lowest BCUT2D eigenvalue weighted by molar-refractivity contribution is 0.387. The summed E-state index contributed by atoms with van der Waals surface area (Å²) in [5.74, 6) is 1.72. The van der Waals surface area contributed by atoms with Crippen LogP contribution in [0.3, 0.4) is 0 Å². The number of rotatable bonds is 4. The van der Waals surface area contributed by atoms with Gasteiger partial charge in [0.2, 0.25) is 5.95 Å². The number of nitrogens with zero attached hydrogens (tertiary/aromatic N) is 5. The molecule has 4 rings (SSSR count). The zero-order valence-corrected chi connectivity index (χ0v) is 14.1. The van der Waals surface area contributed by atoms with E-state index in [1.807, 2.05) is 24.3 Å². The van der Waals surface area contributed by atoms with Crippen molar-refractivity contribution in [3.05, 3.63) is 37.4 Å². The molecule has 1 aromatic carbocycles. The largest absolute Gasteiger partial charge is 0.497 e. The Hall–Kier alpha value is -2.70. The summed E-state index contributed by atoms with van der Waals surface area (Å²) in [6.45, 7) is 5.97. The van der Waals surface area contributed by atoms with Crippen LogP contribution in [0.1, 0.15) is 25.7 Å². The minimum Gasteiger partial charge on any atom is -0.497 e. The van der Waals surface area contributed by atoms with Gasteiger partial charge in [0, 0.05) is 6.04 Å². The monoisotopic (exact) mass is 336 g/mol. The summed E-state index contributed by atoms with van der Waals surface area (Å²) in [4.78, 5) is 8.99. The predicted molar refractivity (Wildman–Crippen MR) is 94.7 cm³/mol. The number of ether oxygens (including phenoxy) is 1. The first-order chi connectivity index (χ1) is 12.2. The van der Waals surface area contributed by atoms with Gasteiger partial charge in [0.1, 0.15) is 5.75 Å². The second-order valence-electron chi connectivity index (χ2n) is 6.36. The summed E-state index contributed by atoms with van der Waals surface area (Å²) in [6, 6.07) is 7.97. The van der Waals surface area contributed by atoms with Crippen molar-refractivity contribution in [2.75, 3.05) is 12.4 Å². The van der Waals surface area contributed by atoms with Gasteiger partial charge >= 0.3 is 0 Å². The Bertz CT molecular complexity index is 852. The highest BCUT2D eigenvalue weighted by Gasteiger charge is 2.19. The summed E-state index contributed by atoms with van der Waals surface area (Å²) < 4.78 is 6.90. The number of aromatic nitrogens is 5. The third-order valence-corrected chi connectivity index (χ3v) is 4.61. The molecule has 7 nitrogen and oxygen atoms in total. The quantitative estimate of drug-likeness (QED) is 0.789. The van der Waals surface area contributed by atoms with E-state index >= 15 is 0 Å². The molecule has 1 aliphatic rings. The summed E-state index contributed by atoms with van der Waals surface area (Å²) in [5, 5.41) is 11.8. The minimum atomic E-state index is 0.321. The van der Waals surface area contributed by atoms with Crippen LogP contribution in [0.2, 0.25) is 0 Å². The zero-order chi connectivity index (χ0) is 17.2. The molecular formula is C18H20N6O. The van der Waals surface area contributed by atoms with E-state index in [1.54, 1.807) is 18.0 Å². The standard InChI is InChI=1S/C18H20N6O/c1-12-3-5-13(6-4-12)20-18-19-11-16-17(21-18)24(23-22-16)14-7-9-15(25-2)10-8-14/h1,7-13H,3-6H2,2H3,(H,19,20,21). The van der Waals surface area contributed by atoms with Crippen LogP contribution in [0.25, 0.3) is 16.9 Å². The Labute approximate surface area is 146 Å². The highest BCUT2D eigenvalue weighted by molar-refractivity contribution is 5.72. The van der Waals surface area contributed by atoms with Crippen LogP contribution < -0.4 is 10.1 Å². The maximum absolute atomic E-state index is 5.97. The van der Waals surface area contributed by atoms with Gasteiger partial charge in [0.05, 0.1) is 19.0 Å². The third-order valence-electron chi connectivity index (χ3n) is 4.61. The van der Waals surface area contributed by atoms with E-state index < -0.39 is 0 Å². The smallest absolute Gasteiger partial charge is 0.225 e. The number of fused-ring (bicyclic) bond motifs is 1. The first kappa shape index (κ1) is 15.8. The summed E-state index contributed by atoms with van der Waals surface area (Å²) in [5.41, 5.74) is 2.21. The normalized spacial score (nSPS) is 20.6. The van der Waals surface area contributed by atoms with Gasteiger partial charge in [-0.15, -0.1) is 5.10 Å². The zero-order valence-electron chi connectivity index (χ0n) is 14.1. The molecular weight excluding hydrogens is 316 g/mol. The Morgan fingerprint density at radius 1 is 1.16 bits per heavy atom. The van der Waals surface area contributed by atoms with Crippen molar-refractivity contribution in [1.29, 1.82) is 0 Å². The van der Waals surface area contributed by atoms with E-state index in [1.165, 1.54) is 0 Å². The van der Waals surface area contributed by atoms with Crippen LogP contribution in [-0.4, -0.2) is 38.1 Å². The summed E-state index contributed by atoms with van der Waals surface area (Å²) in [7, 11) is 1.64. The highest BCUT2D eigenvalue weighted by atomic mass is 16.5. The van der Waals surface area contributed by atoms with Crippen molar-refractivity contribution in [2.45, 2.75) is 31.7 Å². The molecule has 1 N–H and O–H groups in total. The van der Waals surface area contributed by atoms with Gasteiger partial charge in [0.25, 0.3) is 0 Å². The van der Waals surface area contributed by atoms with Crippen LogP contribution in [0, 0.1) is 12.8 Å². The highest BCUT2D eigenvalue weighted by Crippen LogP contribution is 2.25. The molecule has 0 saturated heterocycles. The average molecular weight is 336 g/mol. The van der Waals surface area contributed by atoms with Crippen LogP contribution in [0.4, 0.5) is 5.95 Å². The first-order valence-corrected chi connectivity index (χ1v) is 8.48. The second-order valence-corrected chi connectivity index (χ2v) is 6.36. The minimum absolute atomic E-state index is 0.321. The fourth-order valence-corrected chi connectivity index (χ4v) is 3.14. The molecule has 0 spiro atoms. The molecule has 2 radical (unpaired) electrons. The van der Waals surface area contributed by atoms with Crippen molar-refractivity contribution in [1.82, 2.24) is 25.0 Å². The molecule has 0 unspecified atom stereocenters. The number of hydrogen-bond acceptors (Lipinski definition) is 6. The maximum atomic E-state index is 5.97. The van der Waals surface area contributed by atoms with E-state index in [2.05, 4.69) is 25.6 Å². The fraction of sp³-hybridized carbons (Fsp3) is 0.389. The number of nitrogens with one attached hydrogen (secondary N) is 1. The summed E-state index contributed by atoms with van der Waals surface area (Å²) in [6.07, 6.45) is 5.85. The molecule has 128 valence electrons. The number of methoxy groups -OCH3 is 1. The van der Waals surface area contributed by atoms with Crippen LogP contribution in [0.15, 0.2) is 30.5 Å². The Kier molecular flexibility index (Phi) is 4.21. The van der Waals surface area contributed by atoms with Crippen LogP contribution in [0.5, 0.6) is 5.75 Å². The van der Waals surface area contributed by atoms with Crippen LogP contribution in [-0.2, 0) is 0 Å². The lowest BCUT2D eigenvalue weighted by Gasteiger charge is -2.26. The molecule has 7 heteroatoms. The van der Waals surface area contributed by atoms with Gasteiger partial charge in [-0.2, -0.15) is 9.67 Å². The van der Waals surface area contributed by atoms with Gasteiger partial charge in [-0.05, 0) is 62.8 Å². The van der Waals surface area contributed by atoms with Gasteiger partial charge in [-0.3, -0.25) is 0 Å². The second kappa shape index (κ2) is 6.66. The Morgan fingerprint density at radius 2 is 1.92 bits per heavy atom. The summed E-state index contributed by atoms with van der Waals surface area (Å²) >= 11 is 0. The van der Waals surface area contributed by atoms with Crippen molar-refractivity contribution >= 4 is 17.1 Å². The predicted octanol–water partition coefficient (Wildman–Crippen LogP) is 2.90. The van der Waals surface area contributed by atoms with Gasteiger partial charge in [0.15, 0.2) is 11.2 Å². The maximum Gasteiger partial charge on any atom is 0.225 e. The molecule has 2 heterocycles. The molecule has 1 aliphatic carbocycles. The van der Waals surface area contributed by atoms with Crippen molar-refractivity contribution in [3.63, 3.8) is 0 Å². The van der Waals surface area contributed by atoms with Crippen molar-refractivity contribution in [3.8, 4) is 11.4 Å². The number of benzene rings is 1. The molecule has 1 fully saturated rings. The van der Waals surface area contributed by atoms with E-state index in [0.717, 1.165) is 37.1 Å². The lowest BCUT2D eigenvalue weighted by atomic mass is 9.87. The van der Waals surface area contributed by atoms with Gasteiger partial charge in [-0.1, -0.05) is 5.21 Å². The van der Waals surface area contributed by atoms with Crippen LogP contribution >= 0.6 is 0 Å². The van der Waals surface area contributed by atoms with Gasteiger partial charge < -0.3 is 10.1 Å². The van der Waals surface area contributed by atoms with Crippen molar-refractivity contribution in [2.24, 2.45) is 5.92 Å². The lowest BCUT2D eigenvalue weighted by Crippen LogP contribution is -2.26. The topological polar surface area (TPSA) is 77.8 Å². The Morgan fingerprint density at radius 3 is 2.64 bits per heavy atom. The van der Waals surface area contributed by atoms with E-state index in [-0.39, 0.29) is 0 Å². The third kappa shape index (κ3) is 3.26. The molecule has 25 heavy (non-hydrogen) atoms.